The van der Waals surface area contributed by atoms with E-state index in [1.54, 1.807) is 24.3 Å². The third kappa shape index (κ3) is 1.08. The quantitative estimate of drug-likeness (QED) is 0.738. The highest BCUT2D eigenvalue weighted by molar-refractivity contribution is 6.24. The SMILES string of the molecule is C[C@H]1CN2C(=O)NC(=O)[C@@]1(c1ccccc1)C2=O. The number of nitrogens with zero attached hydrogens (tertiary/aromatic N) is 1. The highest BCUT2D eigenvalue weighted by Crippen LogP contribution is 2.42. The fourth-order valence-corrected chi connectivity index (χ4v) is 2.92. The van der Waals surface area contributed by atoms with Gasteiger partial charge in [-0.15, -0.1) is 0 Å². The second-order valence-electron chi connectivity index (χ2n) is 4.75. The van der Waals surface area contributed by atoms with Crippen molar-refractivity contribution < 1.29 is 14.4 Å². The molecular weight excluding hydrogens is 232 g/mol. The van der Waals surface area contributed by atoms with Crippen LogP contribution in [0.2, 0.25) is 0 Å². The molecule has 2 saturated heterocycles. The van der Waals surface area contributed by atoms with Crippen LogP contribution < -0.4 is 5.32 Å². The number of nitrogens with one attached hydrogen (secondary N) is 1. The molecule has 1 aromatic rings. The van der Waals surface area contributed by atoms with Gasteiger partial charge >= 0.3 is 6.03 Å². The number of barbiturate groups is 1. The lowest BCUT2D eigenvalue weighted by atomic mass is 9.71. The molecule has 2 bridgehead atoms. The Morgan fingerprint density at radius 3 is 2.56 bits per heavy atom. The molecule has 1 aromatic carbocycles. The Kier molecular flexibility index (Phi) is 2.08. The number of carbonyl (C=O) groups excluding carboxylic acids is 3. The van der Waals surface area contributed by atoms with E-state index in [2.05, 4.69) is 5.32 Å². The molecule has 2 heterocycles. The first-order chi connectivity index (χ1) is 8.58. The van der Waals surface area contributed by atoms with Crippen molar-refractivity contribution in [2.24, 2.45) is 5.92 Å². The number of urea groups is 1. The van der Waals surface area contributed by atoms with Crippen molar-refractivity contribution in [2.45, 2.75) is 12.3 Å². The van der Waals surface area contributed by atoms with Crippen LogP contribution in [0.5, 0.6) is 0 Å². The number of carbonyl (C=O) groups is 3. The molecule has 92 valence electrons. The van der Waals surface area contributed by atoms with E-state index in [0.29, 0.717) is 5.56 Å². The zero-order chi connectivity index (χ0) is 12.9. The average molecular weight is 244 g/mol. The van der Waals surface area contributed by atoms with Crippen LogP contribution in [0, 0.1) is 5.92 Å². The first-order valence-electron chi connectivity index (χ1n) is 5.81. The topological polar surface area (TPSA) is 66.5 Å². The van der Waals surface area contributed by atoms with Gasteiger partial charge < -0.3 is 0 Å². The Morgan fingerprint density at radius 1 is 1.22 bits per heavy atom. The normalized spacial score (nSPS) is 30.6. The predicted molar refractivity (Wildman–Crippen MR) is 62.5 cm³/mol. The molecule has 18 heavy (non-hydrogen) atoms. The van der Waals surface area contributed by atoms with Crippen LogP contribution in [-0.4, -0.2) is 29.3 Å². The minimum absolute atomic E-state index is 0.223. The molecule has 2 atom stereocenters. The maximum absolute atomic E-state index is 12.4. The van der Waals surface area contributed by atoms with E-state index in [1.165, 1.54) is 0 Å². The van der Waals surface area contributed by atoms with Crippen LogP contribution in [0.1, 0.15) is 12.5 Å². The summed E-state index contributed by atoms with van der Waals surface area (Å²) in [6.45, 7) is 2.11. The summed E-state index contributed by atoms with van der Waals surface area (Å²) in [4.78, 5) is 37.3. The van der Waals surface area contributed by atoms with E-state index in [4.69, 9.17) is 0 Å². The van der Waals surface area contributed by atoms with Crippen LogP contribution in [0.25, 0.3) is 0 Å². The molecule has 5 heteroatoms. The van der Waals surface area contributed by atoms with Gasteiger partial charge in [0, 0.05) is 12.5 Å². The molecule has 0 aliphatic carbocycles. The molecule has 2 aliphatic heterocycles. The van der Waals surface area contributed by atoms with Crippen molar-refractivity contribution in [3.05, 3.63) is 35.9 Å². The molecule has 3 rings (SSSR count). The molecule has 2 fully saturated rings. The standard InChI is InChI=1S/C13H12N2O3/c1-8-7-15-11(17)13(8,10(16)14-12(15)18)9-5-3-2-4-6-9/h2-6,8H,7H2,1H3,(H,14,16,18)/t8-,13+/m0/s1. The second kappa shape index (κ2) is 3.41. The molecule has 5 nitrogen and oxygen atoms in total. The van der Waals surface area contributed by atoms with Gasteiger partial charge in [-0.3, -0.25) is 19.8 Å². The Labute approximate surface area is 104 Å². The van der Waals surface area contributed by atoms with Crippen LogP contribution in [-0.2, 0) is 15.0 Å². The zero-order valence-corrected chi connectivity index (χ0v) is 9.84. The average Bonchev–Trinajstić information content (AvgIpc) is 2.57. The lowest BCUT2D eigenvalue weighted by Gasteiger charge is -2.32. The second-order valence-corrected chi connectivity index (χ2v) is 4.75. The lowest BCUT2D eigenvalue weighted by molar-refractivity contribution is -0.141. The highest BCUT2D eigenvalue weighted by Gasteiger charge is 2.63. The van der Waals surface area contributed by atoms with Crippen molar-refractivity contribution in [3.63, 3.8) is 0 Å². The third-order valence-electron chi connectivity index (χ3n) is 3.83. The molecule has 0 radical (unpaired) electrons. The summed E-state index contributed by atoms with van der Waals surface area (Å²) in [5, 5.41) is 2.27. The Hall–Kier alpha value is -2.17. The van der Waals surface area contributed by atoms with Gasteiger partial charge in [-0.05, 0) is 5.56 Å². The number of amides is 4. The van der Waals surface area contributed by atoms with E-state index < -0.39 is 23.3 Å². The van der Waals surface area contributed by atoms with Crippen LogP contribution >= 0.6 is 0 Å². The first kappa shape index (κ1) is 11.0. The molecule has 1 N–H and O–H groups in total. The van der Waals surface area contributed by atoms with Gasteiger partial charge in [-0.2, -0.15) is 0 Å². The van der Waals surface area contributed by atoms with Gasteiger partial charge in [0.15, 0.2) is 5.41 Å². The molecular formula is C13H12N2O3. The van der Waals surface area contributed by atoms with Gasteiger partial charge in [0.25, 0.3) is 5.91 Å². The lowest BCUT2D eigenvalue weighted by Crippen LogP contribution is -2.61. The van der Waals surface area contributed by atoms with E-state index in [0.717, 1.165) is 4.90 Å². The molecule has 0 spiro atoms. The number of hydrogen-bond donors (Lipinski definition) is 1. The van der Waals surface area contributed by atoms with Gasteiger partial charge in [0.05, 0.1) is 0 Å². The van der Waals surface area contributed by atoms with Crippen molar-refractivity contribution in [1.29, 1.82) is 0 Å². The zero-order valence-electron chi connectivity index (χ0n) is 9.84. The third-order valence-corrected chi connectivity index (χ3v) is 3.83. The van der Waals surface area contributed by atoms with Crippen molar-refractivity contribution >= 4 is 17.8 Å². The minimum Gasteiger partial charge on any atom is -0.276 e. The van der Waals surface area contributed by atoms with Crippen molar-refractivity contribution in [1.82, 2.24) is 10.2 Å². The summed E-state index contributed by atoms with van der Waals surface area (Å²) in [6.07, 6.45) is 0. The summed E-state index contributed by atoms with van der Waals surface area (Å²) in [6, 6.07) is 8.31. The number of hydrogen-bond acceptors (Lipinski definition) is 3. The number of benzene rings is 1. The van der Waals surface area contributed by atoms with Crippen molar-refractivity contribution in [2.75, 3.05) is 6.54 Å². The van der Waals surface area contributed by atoms with Crippen molar-refractivity contribution in [3.8, 4) is 0 Å². The molecule has 4 amide bonds. The van der Waals surface area contributed by atoms with Gasteiger partial charge in [-0.1, -0.05) is 37.3 Å². The van der Waals surface area contributed by atoms with E-state index in [-0.39, 0.29) is 12.5 Å². The highest BCUT2D eigenvalue weighted by atomic mass is 16.2. The maximum Gasteiger partial charge on any atom is 0.330 e. The molecule has 2 aliphatic rings. The first-order valence-corrected chi connectivity index (χ1v) is 5.81. The fourth-order valence-electron chi connectivity index (χ4n) is 2.92. The molecule has 0 saturated carbocycles. The van der Waals surface area contributed by atoms with Gasteiger partial charge in [0.2, 0.25) is 5.91 Å². The largest absolute Gasteiger partial charge is 0.330 e. The summed E-state index contributed by atoms with van der Waals surface area (Å²) >= 11 is 0. The summed E-state index contributed by atoms with van der Waals surface area (Å²) in [7, 11) is 0. The Bertz CT molecular complexity index is 555. The fraction of sp³-hybridized carbons (Fsp3) is 0.308. The predicted octanol–water partition coefficient (Wildman–Crippen LogP) is 0.652. The maximum atomic E-state index is 12.4. The minimum atomic E-state index is -1.24. The van der Waals surface area contributed by atoms with Gasteiger partial charge in [-0.25, -0.2) is 4.79 Å². The van der Waals surface area contributed by atoms with E-state index >= 15 is 0 Å². The summed E-state index contributed by atoms with van der Waals surface area (Å²) < 4.78 is 0. The number of fused-ring (bicyclic) bond motifs is 2. The van der Waals surface area contributed by atoms with Gasteiger partial charge in [0.1, 0.15) is 0 Å². The monoisotopic (exact) mass is 244 g/mol. The summed E-state index contributed by atoms with van der Waals surface area (Å²) in [5.41, 5.74) is -0.593. The van der Waals surface area contributed by atoms with Crippen LogP contribution in [0.3, 0.4) is 0 Å². The number of imide groups is 2. The summed E-state index contributed by atoms with van der Waals surface area (Å²) in [5.74, 6) is -1.14. The number of rotatable bonds is 1. The molecule has 0 aromatic heterocycles. The Balaban J connectivity index is 2.22. The Morgan fingerprint density at radius 2 is 1.89 bits per heavy atom. The molecule has 0 unspecified atom stereocenters. The van der Waals surface area contributed by atoms with E-state index in [1.807, 2.05) is 13.0 Å². The van der Waals surface area contributed by atoms with Crippen LogP contribution in [0.4, 0.5) is 4.79 Å². The van der Waals surface area contributed by atoms with E-state index in [9.17, 15) is 14.4 Å². The smallest absolute Gasteiger partial charge is 0.276 e. The van der Waals surface area contributed by atoms with Crippen LogP contribution in [0.15, 0.2) is 30.3 Å².